The molecule has 3 aromatic carbocycles. The number of nitrogens with zero attached hydrogens (tertiary/aromatic N) is 1. The second kappa shape index (κ2) is 10.2. The van der Waals surface area contributed by atoms with Crippen LogP contribution in [0.3, 0.4) is 0 Å². The molecule has 4 rings (SSSR count). The lowest BCUT2D eigenvalue weighted by atomic mass is 10.1. The highest BCUT2D eigenvalue weighted by molar-refractivity contribution is 6.13. The third-order valence-electron chi connectivity index (χ3n) is 5.27. The van der Waals surface area contributed by atoms with Gasteiger partial charge < -0.3 is 14.8 Å². The standard InChI is InChI=1S/C27H25FN2O4/c1-3-33-25-15-20(9-12-24(25)34-17-21-6-4-5-18(2)13-21)14-23-26(31)30(27(32)29-23)16-19-7-10-22(28)11-8-19/h4-15H,3,16-17H2,1-2H3,(H,29,32)/b23-14+. The fraction of sp³-hybridized carbons (Fsp3) is 0.185. The Morgan fingerprint density at radius 2 is 1.74 bits per heavy atom. The van der Waals surface area contributed by atoms with Gasteiger partial charge in [-0.05, 0) is 60.9 Å². The average molecular weight is 461 g/mol. The first-order chi connectivity index (χ1) is 16.4. The van der Waals surface area contributed by atoms with Crippen LogP contribution in [0.1, 0.15) is 29.2 Å². The first kappa shape index (κ1) is 23.0. The number of carbonyl (C=O) groups excluding carboxylic acids is 2. The van der Waals surface area contributed by atoms with Crippen LogP contribution in [0, 0.1) is 12.7 Å². The van der Waals surface area contributed by atoms with Gasteiger partial charge in [-0.25, -0.2) is 9.18 Å². The molecule has 7 heteroatoms. The van der Waals surface area contributed by atoms with Gasteiger partial charge in [-0.1, -0.05) is 48.0 Å². The highest BCUT2D eigenvalue weighted by Crippen LogP contribution is 2.30. The van der Waals surface area contributed by atoms with Crippen LogP contribution in [0.25, 0.3) is 6.08 Å². The molecule has 3 aromatic rings. The second-order valence-electron chi connectivity index (χ2n) is 7.92. The van der Waals surface area contributed by atoms with Crippen LogP contribution in [-0.2, 0) is 17.9 Å². The first-order valence-corrected chi connectivity index (χ1v) is 11.0. The van der Waals surface area contributed by atoms with Crippen molar-refractivity contribution in [3.8, 4) is 11.5 Å². The number of hydrogen-bond acceptors (Lipinski definition) is 4. The van der Waals surface area contributed by atoms with Gasteiger partial charge in [-0.15, -0.1) is 0 Å². The highest BCUT2D eigenvalue weighted by Gasteiger charge is 2.33. The van der Waals surface area contributed by atoms with E-state index >= 15 is 0 Å². The first-order valence-electron chi connectivity index (χ1n) is 11.0. The van der Waals surface area contributed by atoms with Crippen molar-refractivity contribution in [2.24, 2.45) is 0 Å². The number of hydrogen-bond donors (Lipinski definition) is 1. The van der Waals surface area contributed by atoms with Gasteiger partial charge in [0.05, 0.1) is 13.2 Å². The van der Waals surface area contributed by atoms with Gasteiger partial charge in [0.1, 0.15) is 18.1 Å². The lowest BCUT2D eigenvalue weighted by molar-refractivity contribution is -0.123. The molecule has 174 valence electrons. The lowest BCUT2D eigenvalue weighted by Crippen LogP contribution is -2.30. The van der Waals surface area contributed by atoms with Crippen LogP contribution < -0.4 is 14.8 Å². The van der Waals surface area contributed by atoms with Crippen LogP contribution in [0.2, 0.25) is 0 Å². The summed E-state index contributed by atoms with van der Waals surface area (Å²) in [4.78, 5) is 26.2. The number of benzene rings is 3. The summed E-state index contributed by atoms with van der Waals surface area (Å²) in [6.07, 6.45) is 1.59. The summed E-state index contributed by atoms with van der Waals surface area (Å²) in [6, 6.07) is 18.6. The van der Waals surface area contributed by atoms with Crippen LogP contribution in [0.15, 0.2) is 72.4 Å². The summed E-state index contributed by atoms with van der Waals surface area (Å²) >= 11 is 0. The number of aryl methyl sites for hydroxylation is 1. The van der Waals surface area contributed by atoms with E-state index in [2.05, 4.69) is 11.4 Å². The Morgan fingerprint density at radius 3 is 2.47 bits per heavy atom. The molecule has 6 nitrogen and oxygen atoms in total. The summed E-state index contributed by atoms with van der Waals surface area (Å²) in [5.41, 5.74) is 3.69. The predicted molar refractivity (Wildman–Crippen MR) is 127 cm³/mol. The van der Waals surface area contributed by atoms with Crippen molar-refractivity contribution in [3.05, 3.63) is 100 Å². The van der Waals surface area contributed by atoms with Crippen molar-refractivity contribution in [1.82, 2.24) is 10.2 Å². The molecule has 1 fully saturated rings. The van der Waals surface area contributed by atoms with E-state index in [-0.39, 0.29) is 18.1 Å². The van der Waals surface area contributed by atoms with Crippen LogP contribution >= 0.6 is 0 Å². The van der Waals surface area contributed by atoms with Crippen LogP contribution in [-0.4, -0.2) is 23.4 Å². The summed E-state index contributed by atoms with van der Waals surface area (Å²) < 4.78 is 24.8. The molecule has 0 unspecified atom stereocenters. The van der Waals surface area contributed by atoms with E-state index in [1.165, 1.54) is 12.1 Å². The molecule has 0 aromatic heterocycles. The maximum absolute atomic E-state index is 13.1. The molecule has 0 bridgehead atoms. The normalized spacial score (nSPS) is 14.4. The number of nitrogens with one attached hydrogen (secondary N) is 1. The predicted octanol–water partition coefficient (Wildman–Crippen LogP) is 5.20. The van der Waals surface area contributed by atoms with Crippen molar-refractivity contribution in [1.29, 1.82) is 0 Å². The van der Waals surface area contributed by atoms with E-state index in [9.17, 15) is 14.0 Å². The van der Waals surface area contributed by atoms with Crippen LogP contribution in [0.4, 0.5) is 9.18 Å². The maximum atomic E-state index is 13.1. The number of imide groups is 1. The topological polar surface area (TPSA) is 67.9 Å². The smallest absolute Gasteiger partial charge is 0.329 e. The Bertz CT molecular complexity index is 1240. The van der Waals surface area contributed by atoms with E-state index < -0.39 is 11.9 Å². The lowest BCUT2D eigenvalue weighted by Gasteiger charge is -2.13. The molecule has 1 aliphatic rings. The van der Waals surface area contributed by atoms with E-state index in [1.807, 2.05) is 32.0 Å². The number of urea groups is 1. The van der Waals surface area contributed by atoms with Crippen molar-refractivity contribution in [2.75, 3.05) is 6.61 Å². The molecular weight excluding hydrogens is 435 g/mol. The number of amides is 3. The Labute approximate surface area is 197 Å². The molecular formula is C27H25FN2O4. The molecule has 1 heterocycles. The Balaban J connectivity index is 1.50. The Morgan fingerprint density at radius 1 is 0.941 bits per heavy atom. The number of rotatable bonds is 8. The molecule has 0 saturated carbocycles. The SMILES string of the molecule is CCOc1cc(/C=C2/NC(=O)N(Cc3ccc(F)cc3)C2=O)ccc1OCc1cccc(C)c1. The van der Waals surface area contributed by atoms with Gasteiger partial charge in [-0.2, -0.15) is 0 Å². The zero-order valence-electron chi connectivity index (χ0n) is 19.0. The molecule has 1 N–H and O–H groups in total. The van der Waals surface area contributed by atoms with E-state index in [0.29, 0.717) is 35.8 Å². The van der Waals surface area contributed by atoms with Crippen molar-refractivity contribution < 1.29 is 23.5 Å². The fourth-order valence-electron chi connectivity index (χ4n) is 3.62. The van der Waals surface area contributed by atoms with Gasteiger partial charge in [0.15, 0.2) is 11.5 Å². The molecule has 0 radical (unpaired) electrons. The molecule has 34 heavy (non-hydrogen) atoms. The second-order valence-corrected chi connectivity index (χ2v) is 7.92. The molecule has 1 aliphatic heterocycles. The van der Waals surface area contributed by atoms with E-state index in [1.54, 1.807) is 36.4 Å². The van der Waals surface area contributed by atoms with Crippen molar-refractivity contribution in [3.63, 3.8) is 0 Å². The largest absolute Gasteiger partial charge is 0.490 e. The third kappa shape index (κ3) is 5.43. The van der Waals surface area contributed by atoms with Crippen molar-refractivity contribution >= 4 is 18.0 Å². The van der Waals surface area contributed by atoms with Gasteiger partial charge in [-0.3, -0.25) is 9.69 Å². The van der Waals surface area contributed by atoms with E-state index in [4.69, 9.17) is 9.47 Å². The Kier molecular flexibility index (Phi) is 6.92. The number of ether oxygens (including phenoxy) is 2. The highest BCUT2D eigenvalue weighted by atomic mass is 19.1. The van der Waals surface area contributed by atoms with Gasteiger partial charge in [0.2, 0.25) is 0 Å². The molecule has 1 saturated heterocycles. The van der Waals surface area contributed by atoms with E-state index in [0.717, 1.165) is 16.0 Å². The molecule has 0 spiro atoms. The minimum absolute atomic E-state index is 0.0538. The molecule has 3 amide bonds. The fourth-order valence-corrected chi connectivity index (χ4v) is 3.62. The van der Waals surface area contributed by atoms with Gasteiger partial charge >= 0.3 is 6.03 Å². The summed E-state index contributed by atoms with van der Waals surface area (Å²) in [7, 11) is 0. The summed E-state index contributed by atoms with van der Waals surface area (Å²) in [5, 5.41) is 2.60. The van der Waals surface area contributed by atoms with Gasteiger partial charge in [0, 0.05) is 0 Å². The molecule has 0 aliphatic carbocycles. The molecule has 0 atom stereocenters. The average Bonchev–Trinajstić information content (AvgIpc) is 3.07. The third-order valence-corrected chi connectivity index (χ3v) is 5.27. The number of halogens is 1. The minimum atomic E-state index is -0.524. The number of carbonyl (C=O) groups is 2. The minimum Gasteiger partial charge on any atom is -0.490 e. The summed E-state index contributed by atoms with van der Waals surface area (Å²) in [5.74, 6) is 0.305. The monoisotopic (exact) mass is 460 g/mol. The zero-order valence-corrected chi connectivity index (χ0v) is 19.0. The zero-order chi connectivity index (χ0) is 24.1. The van der Waals surface area contributed by atoms with Crippen molar-refractivity contribution in [2.45, 2.75) is 27.0 Å². The van der Waals surface area contributed by atoms with Crippen LogP contribution in [0.5, 0.6) is 11.5 Å². The van der Waals surface area contributed by atoms with Gasteiger partial charge in [0.25, 0.3) is 5.91 Å². The quantitative estimate of drug-likeness (QED) is 0.370. The summed E-state index contributed by atoms with van der Waals surface area (Å²) in [6.45, 7) is 4.81. The Hall–Kier alpha value is -4.13. The maximum Gasteiger partial charge on any atom is 0.329 e.